The van der Waals surface area contributed by atoms with E-state index < -0.39 is 21.3 Å². The second kappa shape index (κ2) is 1.70. The third-order valence-corrected chi connectivity index (χ3v) is 3.36. The van der Waals surface area contributed by atoms with E-state index in [1.807, 2.05) is 0 Å². The number of carbonyl (C=O) groups excluding carboxylic acids is 1. The fraction of sp³-hybridized carbons (Fsp3) is 0.750. The summed E-state index contributed by atoms with van der Waals surface area (Å²) in [5, 5.41) is 0. The Morgan fingerprint density at radius 2 is 1.80 bits per heavy atom. The fourth-order valence-corrected chi connectivity index (χ4v) is 2.65. The minimum absolute atomic E-state index is 0.310. The highest BCUT2D eigenvalue weighted by atomic mass is 32.2. The third kappa shape index (κ3) is 0.994. The maximum absolute atomic E-state index is 10.5. The maximum atomic E-state index is 10.5. The molecule has 5 nitrogen and oxygen atoms in total. The highest BCUT2D eigenvalue weighted by Gasteiger charge is 2.50. The van der Waals surface area contributed by atoms with Crippen LogP contribution in [0.5, 0.6) is 0 Å². The van der Waals surface area contributed by atoms with Gasteiger partial charge in [0.05, 0.1) is 11.5 Å². The Labute approximate surface area is 58.3 Å². The Morgan fingerprint density at radius 1 is 1.40 bits per heavy atom. The van der Waals surface area contributed by atoms with Crippen LogP contribution >= 0.6 is 0 Å². The van der Waals surface area contributed by atoms with E-state index in [0.717, 1.165) is 0 Å². The van der Waals surface area contributed by atoms with Crippen LogP contribution < -0.4 is 11.5 Å². The van der Waals surface area contributed by atoms with Crippen LogP contribution in [0.3, 0.4) is 0 Å². The average Bonchev–Trinajstić information content (AvgIpc) is 1.59. The van der Waals surface area contributed by atoms with Gasteiger partial charge in [0.25, 0.3) is 0 Å². The molecule has 10 heavy (non-hydrogen) atoms. The molecule has 0 aromatic heterocycles. The second-order valence-electron chi connectivity index (χ2n) is 2.55. The zero-order valence-corrected chi connectivity index (χ0v) is 6.02. The van der Waals surface area contributed by atoms with Gasteiger partial charge in [-0.15, -0.1) is 0 Å². The topological polar surface area (TPSA) is 103 Å². The number of hydrogen-bond acceptors (Lipinski definition) is 4. The molecule has 0 aliphatic carbocycles. The SMILES string of the molecule is NC(=O)C1(N)CS(=O)(=O)C1. The Hall–Kier alpha value is -0.620. The second-order valence-corrected chi connectivity index (χ2v) is 4.62. The number of rotatable bonds is 1. The number of hydrogen-bond donors (Lipinski definition) is 2. The number of sulfone groups is 1. The lowest BCUT2D eigenvalue weighted by atomic mass is 10.1. The summed E-state index contributed by atoms with van der Waals surface area (Å²) in [5.41, 5.74) is 8.80. The highest BCUT2D eigenvalue weighted by Crippen LogP contribution is 2.19. The summed E-state index contributed by atoms with van der Waals surface area (Å²) in [7, 11) is -3.06. The van der Waals surface area contributed by atoms with Gasteiger partial charge >= 0.3 is 0 Å². The molecule has 1 heterocycles. The standard InChI is InChI=1S/C4H8N2O3S/c5-3(7)4(6)1-10(8,9)2-4/h1-2,6H2,(H2,5,7). The van der Waals surface area contributed by atoms with E-state index in [1.165, 1.54) is 0 Å². The number of primary amides is 1. The smallest absolute Gasteiger partial charge is 0.239 e. The summed E-state index contributed by atoms with van der Waals surface area (Å²) in [6.45, 7) is 0. The summed E-state index contributed by atoms with van der Waals surface area (Å²) in [6.07, 6.45) is 0. The summed E-state index contributed by atoms with van der Waals surface area (Å²) in [4.78, 5) is 10.4. The van der Waals surface area contributed by atoms with E-state index in [2.05, 4.69) is 0 Å². The summed E-state index contributed by atoms with van der Waals surface area (Å²) in [6, 6.07) is 0. The molecule has 0 bridgehead atoms. The van der Waals surface area contributed by atoms with E-state index in [4.69, 9.17) is 11.5 Å². The first-order valence-electron chi connectivity index (χ1n) is 2.65. The normalized spacial score (nSPS) is 26.9. The van der Waals surface area contributed by atoms with Crippen molar-refractivity contribution < 1.29 is 13.2 Å². The van der Waals surface area contributed by atoms with Crippen molar-refractivity contribution in [2.45, 2.75) is 5.54 Å². The van der Waals surface area contributed by atoms with Crippen molar-refractivity contribution in [1.29, 1.82) is 0 Å². The van der Waals surface area contributed by atoms with Gasteiger partial charge in [0.1, 0.15) is 5.54 Å². The van der Waals surface area contributed by atoms with Crippen molar-refractivity contribution in [1.82, 2.24) is 0 Å². The Morgan fingerprint density at radius 3 is 1.90 bits per heavy atom. The molecule has 6 heteroatoms. The van der Waals surface area contributed by atoms with Crippen LogP contribution in [0.1, 0.15) is 0 Å². The first-order chi connectivity index (χ1) is 4.36. The molecule has 1 amide bonds. The predicted octanol–water partition coefficient (Wildman–Crippen LogP) is -2.40. The lowest BCUT2D eigenvalue weighted by molar-refractivity contribution is -0.122. The Bertz CT molecular complexity index is 256. The molecule has 0 unspecified atom stereocenters. The molecule has 1 aliphatic heterocycles. The predicted molar refractivity (Wildman–Crippen MR) is 34.8 cm³/mol. The zero-order chi connectivity index (χ0) is 7.99. The van der Waals surface area contributed by atoms with Crippen molar-refractivity contribution in [3.8, 4) is 0 Å². The van der Waals surface area contributed by atoms with E-state index in [1.54, 1.807) is 0 Å². The quantitative estimate of drug-likeness (QED) is 0.450. The van der Waals surface area contributed by atoms with Gasteiger partial charge in [-0.1, -0.05) is 0 Å². The highest BCUT2D eigenvalue weighted by molar-refractivity contribution is 7.93. The van der Waals surface area contributed by atoms with Crippen molar-refractivity contribution >= 4 is 15.7 Å². The number of carbonyl (C=O) groups is 1. The lowest BCUT2D eigenvalue weighted by Gasteiger charge is -2.33. The first-order valence-corrected chi connectivity index (χ1v) is 4.47. The summed E-state index contributed by atoms with van der Waals surface area (Å²) < 4.78 is 21.0. The Balaban J connectivity index is 2.76. The van der Waals surface area contributed by atoms with Crippen LogP contribution in [-0.4, -0.2) is 31.4 Å². The molecular weight excluding hydrogens is 156 g/mol. The van der Waals surface area contributed by atoms with Crippen LogP contribution in [0.4, 0.5) is 0 Å². The van der Waals surface area contributed by atoms with Gasteiger partial charge in [0.2, 0.25) is 5.91 Å². The molecule has 1 aliphatic rings. The van der Waals surface area contributed by atoms with Crippen molar-refractivity contribution in [2.24, 2.45) is 11.5 Å². The Kier molecular flexibility index (Phi) is 1.27. The molecule has 0 radical (unpaired) electrons. The zero-order valence-electron chi connectivity index (χ0n) is 5.20. The van der Waals surface area contributed by atoms with Crippen LogP contribution in [0.15, 0.2) is 0 Å². The van der Waals surface area contributed by atoms with Gasteiger partial charge in [-0.25, -0.2) is 8.42 Å². The first kappa shape index (κ1) is 7.49. The van der Waals surface area contributed by atoms with Gasteiger partial charge in [0.15, 0.2) is 9.84 Å². The fourth-order valence-electron chi connectivity index (χ4n) is 0.885. The molecule has 1 rings (SSSR count). The molecule has 1 saturated heterocycles. The van der Waals surface area contributed by atoms with E-state index in [-0.39, 0.29) is 11.5 Å². The van der Waals surface area contributed by atoms with E-state index >= 15 is 0 Å². The molecule has 0 atom stereocenters. The summed E-state index contributed by atoms with van der Waals surface area (Å²) in [5.74, 6) is -1.37. The van der Waals surface area contributed by atoms with Gasteiger partial charge in [-0.05, 0) is 0 Å². The minimum atomic E-state index is -3.06. The molecule has 0 spiro atoms. The van der Waals surface area contributed by atoms with Gasteiger partial charge in [-0.2, -0.15) is 0 Å². The van der Waals surface area contributed by atoms with Gasteiger partial charge in [-0.3, -0.25) is 4.79 Å². The minimum Gasteiger partial charge on any atom is -0.368 e. The van der Waals surface area contributed by atoms with Crippen molar-refractivity contribution in [2.75, 3.05) is 11.5 Å². The molecule has 58 valence electrons. The molecular formula is C4H8N2O3S. The molecule has 1 fully saturated rings. The van der Waals surface area contributed by atoms with Crippen LogP contribution in [0, 0.1) is 0 Å². The maximum Gasteiger partial charge on any atom is 0.239 e. The molecule has 0 aromatic rings. The van der Waals surface area contributed by atoms with Crippen LogP contribution in [-0.2, 0) is 14.6 Å². The molecule has 4 N–H and O–H groups in total. The number of nitrogens with two attached hydrogens (primary N) is 2. The van der Waals surface area contributed by atoms with Crippen LogP contribution in [0.2, 0.25) is 0 Å². The van der Waals surface area contributed by atoms with Gasteiger partial charge in [0, 0.05) is 0 Å². The van der Waals surface area contributed by atoms with E-state index in [9.17, 15) is 13.2 Å². The summed E-state index contributed by atoms with van der Waals surface area (Å²) >= 11 is 0. The lowest BCUT2D eigenvalue weighted by Crippen LogP contribution is -2.68. The van der Waals surface area contributed by atoms with Crippen molar-refractivity contribution in [3.05, 3.63) is 0 Å². The molecule has 0 saturated carbocycles. The van der Waals surface area contributed by atoms with Crippen LogP contribution in [0.25, 0.3) is 0 Å². The monoisotopic (exact) mass is 164 g/mol. The number of amides is 1. The average molecular weight is 164 g/mol. The van der Waals surface area contributed by atoms with Crippen molar-refractivity contribution in [3.63, 3.8) is 0 Å². The van der Waals surface area contributed by atoms with E-state index in [0.29, 0.717) is 0 Å². The third-order valence-electron chi connectivity index (χ3n) is 1.45. The largest absolute Gasteiger partial charge is 0.368 e. The van der Waals surface area contributed by atoms with Gasteiger partial charge < -0.3 is 11.5 Å². The molecule has 0 aromatic carbocycles.